The number of urea groups is 1. The first-order chi connectivity index (χ1) is 14.6. The van der Waals surface area contributed by atoms with Crippen molar-refractivity contribution >= 4 is 22.8 Å². The zero-order chi connectivity index (χ0) is 20.9. The zero-order valence-corrected chi connectivity index (χ0v) is 17.0. The van der Waals surface area contributed by atoms with E-state index in [1.807, 2.05) is 42.5 Å². The van der Waals surface area contributed by atoms with E-state index in [0.29, 0.717) is 19.6 Å². The van der Waals surface area contributed by atoms with Gasteiger partial charge in [-0.2, -0.15) is 0 Å². The minimum absolute atomic E-state index is 0.0303. The SMILES string of the molecule is COc1ccc(CCNC(=O)CNC(=O)N2CCc3c([nH]c4ccccc34)C2)cc1. The molecule has 1 aromatic heterocycles. The normalized spacial score (nSPS) is 13.0. The van der Waals surface area contributed by atoms with Crippen LogP contribution < -0.4 is 15.4 Å². The van der Waals surface area contributed by atoms with Gasteiger partial charge in [0.1, 0.15) is 5.75 Å². The molecule has 0 bridgehead atoms. The lowest BCUT2D eigenvalue weighted by Gasteiger charge is -2.27. The molecule has 0 unspecified atom stereocenters. The van der Waals surface area contributed by atoms with Crippen molar-refractivity contribution in [1.29, 1.82) is 0 Å². The Labute approximate surface area is 175 Å². The van der Waals surface area contributed by atoms with E-state index >= 15 is 0 Å². The first kappa shape index (κ1) is 19.8. The topological polar surface area (TPSA) is 86.5 Å². The van der Waals surface area contributed by atoms with E-state index in [1.54, 1.807) is 12.0 Å². The van der Waals surface area contributed by atoms with E-state index in [0.717, 1.165) is 35.4 Å². The van der Waals surface area contributed by atoms with E-state index in [4.69, 9.17) is 4.74 Å². The molecule has 30 heavy (non-hydrogen) atoms. The number of hydrogen-bond acceptors (Lipinski definition) is 3. The summed E-state index contributed by atoms with van der Waals surface area (Å²) in [7, 11) is 1.63. The highest BCUT2D eigenvalue weighted by molar-refractivity contribution is 5.86. The summed E-state index contributed by atoms with van der Waals surface area (Å²) in [6, 6.07) is 15.7. The molecule has 0 spiro atoms. The lowest BCUT2D eigenvalue weighted by molar-refractivity contribution is -0.120. The molecular formula is C23H26N4O3. The van der Waals surface area contributed by atoms with Crippen molar-refractivity contribution in [2.45, 2.75) is 19.4 Å². The van der Waals surface area contributed by atoms with Crippen molar-refractivity contribution in [3.63, 3.8) is 0 Å². The van der Waals surface area contributed by atoms with Crippen LogP contribution in [-0.4, -0.2) is 48.6 Å². The van der Waals surface area contributed by atoms with Gasteiger partial charge in [-0.3, -0.25) is 4.79 Å². The Morgan fingerprint density at radius 3 is 2.70 bits per heavy atom. The van der Waals surface area contributed by atoms with Crippen LogP contribution in [0.15, 0.2) is 48.5 Å². The van der Waals surface area contributed by atoms with Gasteiger partial charge in [0.25, 0.3) is 0 Å². The Bertz CT molecular complexity index is 1040. The Morgan fingerprint density at radius 1 is 1.10 bits per heavy atom. The van der Waals surface area contributed by atoms with Gasteiger partial charge >= 0.3 is 6.03 Å². The van der Waals surface area contributed by atoms with Gasteiger partial charge < -0.3 is 25.3 Å². The second-order valence-corrected chi connectivity index (χ2v) is 7.41. The molecule has 2 aromatic carbocycles. The fraction of sp³-hybridized carbons (Fsp3) is 0.304. The molecule has 0 atom stereocenters. The summed E-state index contributed by atoms with van der Waals surface area (Å²) in [5.41, 5.74) is 4.57. The maximum absolute atomic E-state index is 12.5. The number of nitrogens with one attached hydrogen (secondary N) is 3. The molecule has 3 amide bonds. The highest BCUT2D eigenvalue weighted by atomic mass is 16.5. The minimum atomic E-state index is -0.218. The number of benzene rings is 2. The molecule has 0 fully saturated rings. The standard InChI is InChI=1S/C23H26N4O3/c1-30-17-8-6-16(7-9-17)10-12-24-22(28)14-25-23(29)27-13-11-19-18-4-2-3-5-20(18)26-21(19)15-27/h2-9,26H,10-15H2,1H3,(H,24,28)(H,25,29). The lowest BCUT2D eigenvalue weighted by atomic mass is 10.0. The van der Waals surface area contributed by atoms with Gasteiger partial charge in [-0.1, -0.05) is 30.3 Å². The van der Waals surface area contributed by atoms with Crippen LogP contribution >= 0.6 is 0 Å². The molecule has 156 valence electrons. The minimum Gasteiger partial charge on any atom is -0.497 e. The molecule has 0 saturated carbocycles. The van der Waals surface area contributed by atoms with Crippen LogP contribution in [0.1, 0.15) is 16.8 Å². The van der Waals surface area contributed by atoms with Gasteiger partial charge in [-0.15, -0.1) is 0 Å². The van der Waals surface area contributed by atoms with Gasteiger partial charge in [-0.25, -0.2) is 4.79 Å². The van der Waals surface area contributed by atoms with E-state index in [-0.39, 0.29) is 18.5 Å². The molecule has 0 aliphatic carbocycles. The van der Waals surface area contributed by atoms with Gasteiger partial charge in [0.2, 0.25) is 5.91 Å². The van der Waals surface area contributed by atoms with Crippen molar-refractivity contribution in [2.24, 2.45) is 0 Å². The molecule has 0 saturated heterocycles. The van der Waals surface area contributed by atoms with Crippen LogP contribution in [0.2, 0.25) is 0 Å². The summed E-state index contributed by atoms with van der Waals surface area (Å²) in [5, 5.41) is 6.79. The fourth-order valence-corrected chi connectivity index (χ4v) is 3.84. The van der Waals surface area contributed by atoms with Crippen LogP contribution in [0.4, 0.5) is 4.79 Å². The lowest BCUT2D eigenvalue weighted by Crippen LogP contribution is -2.46. The van der Waals surface area contributed by atoms with Gasteiger partial charge in [0.05, 0.1) is 20.2 Å². The summed E-state index contributed by atoms with van der Waals surface area (Å²) >= 11 is 0. The van der Waals surface area contributed by atoms with Crippen LogP contribution in [0.3, 0.4) is 0 Å². The van der Waals surface area contributed by atoms with Crippen LogP contribution in [0, 0.1) is 0 Å². The third kappa shape index (κ3) is 4.40. The third-order valence-electron chi connectivity index (χ3n) is 5.46. The summed E-state index contributed by atoms with van der Waals surface area (Å²) < 4.78 is 5.14. The number of amides is 3. The van der Waals surface area contributed by atoms with E-state index in [1.165, 1.54) is 10.9 Å². The first-order valence-electron chi connectivity index (χ1n) is 10.1. The number of H-pyrrole nitrogens is 1. The van der Waals surface area contributed by atoms with Crippen LogP contribution in [0.5, 0.6) is 5.75 Å². The van der Waals surface area contributed by atoms with Crippen LogP contribution in [-0.2, 0) is 24.2 Å². The summed E-state index contributed by atoms with van der Waals surface area (Å²) in [4.78, 5) is 29.7. The molecule has 7 nitrogen and oxygen atoms in total. The number of aromatic amines is 1. The molecule has 1 aliphatic rings. The second kappa shape index (κ2) is 8.90. The third-order valence-corrected chi connectivity index (χ3v) is 5.46. The number of hydrogen-bond donors (Lipinski definition) is 3. The highest BCUT2D eigenvalue weighted by Gasteiger charge is 2.23. The average molecular weight is 406 g/mol. The van der Waals surface area contributed by atoms with Crippen LogP contribution in [0.25, 0.3) is 10.9 Å². The molecule has 3 N–H and O–H groups in total. The van der Waals surface area contributed by atoms with Gasteiger partial charge in [-0.05, 0) is 42.2 Å². The van der Waals surface area contributed by atoms with E-state index < -0.39 is 0 Å². The monoisotopic (exact) mass is 406 g/mol. The van der Waals surface area contributed by atoms with Crippen molar-refractivity contribution in [1.82, 2.24) is 20.5 Å². The molecule has 2 heterocycles. The zero-order valence-electron chi connectivity index (χ0n) is 17.0. The number of carbonyl (C=O) groups excluding carboxylic acids is 2. The number of carbonyl (C=O) groups is 2. The van der Waals surface area contributed by atoms with Gasteiger partial charge in [0, 0.05) is 29.7 Å². The molecule has 3 aromatic rings. The molecule has 4 rings (SSSR count). The summed E-state index contributed by atoms with van der Waals surface area (Å²) in [5.74, 6) is 0.614. The Balaban J connectivity index is 1.22. The number of fused-ring (bicyclic) bond motifs is 3. The maximum Gasteiger partial charge on any atom is 0.318 e. The Hall–Kier alpha value is -3.48. The van der Waals surface area contributed by atoms with Gasteiger partial charge in [0.15, 0.2) is 0 Å². The molecule has 0 radical (unpaired) electrons. The highest BCUT2D eigenvalue weighted by Crippen LogP contribution is 2.27. The predicted octanol–water partition coefficient (Wildman–Crippen LogP) is 2.60. The second-order valence-electron chi connectivity index (χ2n) is 7.41. The number of ether oxygens (including phenoxy) is 1. The maximum atomic E-state index is 12.5. The fourth-order valence-electron chi connectivity index (χ4n) is 3.84. The molecule has 1 aliphatic heterocycles. The number of methoxy groups -OCH3 is 1. The number of rotatable bonds is 6. The predicted molar refractivity (Wildman–Crippen MR) is 116 cm³/mol. The smallest absolute Gasteiger partial charge is 0.318 e. The van der Waals surface area contributed by atoms with Crippen molar-refractivity contribution in [3.05, 3.63) is 65.4 Å². The van der Waals surface area contributed by atoms with Crippen molar-refractivity contribution < 1.29 is 14.3 Å². The van der Waals surface area contributed by atoms with E-state index in [9.17, 15) is 9.59 Å². The number of nitrogens with zero attached hydrogens (tertiary/aromatic N) is 1. The summed E-state index contributed by atoms with van der Waals surface area (Å²) in [6.07, 6.45) is 1.53. The number of aromatic nitrogens is 1. The quantitative estimate of drug-likeness (QED) is 0.588. The largest absolute Gasteiger partial charge is 0.497 e. The molecule has 7 heteroatoms. The first-order valence-corrected chi connectivity index (χ1v) is 10.1. The average Bonchev–Trinajstić information content (AvgIpc) is 3.15. The Morgan fingerprint density at radius 2 is 1.90 bits per heavy atom. The van der Waals surface area contributed by atoms with Crippen molar-refractivity contribution in [2.75, 3.05) is 26.7 Å². The van der Waals surface area contributed by atoms with E-state index in [2.05, 4.69) is 21.7 Å². The molecular weight excluding hydrogens is 380 g/mol. The summed E-state index contributed by atoms with van der Waals surface area (Å²) in [6.45, 7) is 1.65. The number of para-hydroxylation sites is 1. The Kier molecular flexibility index (Phi) is 5.88. The van der Waals surface area contributed by atoms with Crippen molar-refractivity contribution in [3.8, 4) is 5.75 Å².